The van der Waals surface area contributed by atoms with E-state index >= 15 is 0 Å². The lowest BCUT2D eigenvalue weighted by Crippen LogP contribution is -2.37. The fourth-order valence-electron chi connectivity index (χ4n) is 3.32. The van der Waals surface area contributed by atoms with Gasteiger partial charge in [-0.05, 0) is 72.5 Å². The van der Waals surface area contributed by atoms with Crippen molar-refractivity contribution in [1.82, 2.24) is 9.78 Å². The zero-order chi connectivity index (χ0) is 18.1. The monoisotopic (exact) mass is 372 g/mol. The van der Waals surface area contributed by atoms with Crippen LogP contribution in [0.25, 0.3) is 0 Å². The molecule has 1 aromatic rings. The molecule has 0 amide bonds. The predicted octanol–water partition coefficient (Wildman–Crippen LogP) is 4.82. The Morgan fingerprint density at radius 2 is 1.83 bits per heavy atom. The van der Waals surface area contributed by atoms with E-state index in [1.807, 2.05) is 27.0 Å². The lowest BCUT2D eigenvalue weighted by atomic mass is 9.83. The number of hydrogen-bond acceptors (Lipinski definition) is 4. The largest absolute Gasteiger partial charge is 0.376 e. The Morgan fingerprint density at radius 1 is 1.25 bits per heavy atom. The summed E-state index contributed by atoms with van der Waals surface area (Å²) in [6, 6.07) is 0. The van der Waals surface area contributed by atoms with Crippen molar-refractivity contribution in [1.29, 1.82) is 0 Å². The quantitative estimate of drug-likeness (QED) is 0.710. The summed E-state index contributed by atoms with van der Waals surface area (Å²) in [5, 5.41) is 5.84. The van der Waals surface area contributed by atoms with Crippen LogP contribution in [0.15, 0.2) is 9.82 Å². The highest BCUT2D eigenvalue weighted by molar-refractivity contribution is 7.98. The molecule has 0 unspecified atom stereocenters. The molecule has 0 saturated heterocycles. The van der Waals surface area contributed by atoms with E-state index < -0.39 is 0 Å². The number of halogens is 1. The fourth-order valence-corrected chi connectivity index (χ4v) is 4.36. The van der Waals surface area contributed by atoms with E-state index in [1.54, 1.807) is 11.8 Å². The lowest BCUT2D eigenvalue weighted by Gasteiger charge is -2.31. The van der Waals surface area contributed by atoms with Gasteiger partial charge < -0.3 is 4.74 Å². The van der Waals surface area contributed by atoms with Gasteiger partial charge in [-0.1, -0.05) is 11.6 Å². The third-order valence-corrected chi connectivity index (χ3v) is 5.47. The number of rotatable bonds is 4. The van der Waals surface area contributed by atoms with Gasteiger partial charge in [-0.3, -0.25) is 4.79 Å². The minimum Gasteiger partial charge on any atom is -0.376 e. The second kappa shape index (κ2) is 7.79. The topological polar surface area (TPSA) is 44.1 Å². The smallest absolute Gasteiger partial charge is 0.286 e. The molecule has 0 aromatic carbocycles. The highest BCUT2D eigenvalue weighted by atomic mass is 35.5. The molecule has 1 aliphatic carbocycles. The molecule has 1 saturated carbocycles. The van der Waals surface area contributed by atoms with E-state index in [2.05, 4.69) is 18.9 Å². The van der Waals surface area contributed by atoms with Gasteiger partial charge in [-0.15, -0.1) is 11.8 Å². The predicted molar refractivity (Wildman–Crippen MR) is 102 cm³/mol. The molecule has 136 valence electrons. The van der Waals surface area contributed by atoms with Crippen molar-refractivity contribution < 1.29 is 4.74 Å². The minimum absolute atomic E-state index is 0.183. The van der Waals surface area contributed by atoms with Gasteiger partial charge in [0, 0.05) is 5.56 Å². The van der Waals surface area contributed by atoms with E-state index in [-0.39, 0.29) is 17.2 Å². The summed E-state index contributed by atoms with van der Waals surface area (Å²) < 4.78 is 7.44. The van der Waals surface area contributed by atoms with E-state index in [9.17, 15) is 4.79 Å². The number of hydrogen-bond donors (Lipinski definition) is 0. The molecule has 1 fully saturated rings. The summed E-state index contributed by atoms with van der Waals surface area (Å²) in [5.41, 5.74) is 0.377. The summed E-state index contributed by atoms with van der Waals surface area (Å²) in [7, 11) is 0. The molecule has 1 aliphatic rings. The number of aromatic nitrogens is 2. The van der Waals surface area contributed by atoms with Gasteiger partial charge in [0.1, 0.15) is 10.0 Å². The average Bonchev–Trinajstić information content (AvgIpc) is 2.49. The molecular weight excluding hydrogens is 344 g/mol. The van der Waals surface area contributed by atoms with E-state index in [0.717, 1.165) is 36.3 Å². The van der Waals surface area contributed by atoms with E-state index in [4.69, 9.17) is 16.3 Å². The van der Waals surface area contributed by atoms with Crippen LogP contribution in [-0.4, -0.2) is 28.2 Å². The van der Waals surface area contributed by atoms with Crippen molar-refractivity contribution in [2.45, 2.75) is 89.0 Å². The van der Waals surface area contributed by atoms with Crippen molar-refractivity contribution in [2.24, 2.45) is 0 Å². The fraction of sp³-hybridized carbons (Fsp3) is 0.778. The van der Waals surface area contributed by atoms with Crippen molar-refractivity contribution >= 4 is 23.4 Å². The standard InChI is InChI=1S/C18H29ClN2O2S/c1-11(2)23-13-9-7-12(8-10-13)14-15(19)17(22)21(18(3,4)5)20-16(14)24-6/h11-13H,7-10H2,1-6H3. The maximum absolute atomic E-state index is 12.7. The van der Waals surface area contributed by atoms with Crippen molar-refractivity contribution in [3.05, 3.63) is 20.9 Å². The summed E-state index contributed by atoms with van der Waals surface area (Å²) in [6.07, 6.45) is 6.57. The second-order valence-corrected chi connectivity index (χ2v) is 8.96. The first-order chi connectivity index (χ1) is 11.1. The molecule has 1 heterocycles. The maximum Gasteiger partial charge on any atom is 0.286 e. The van der Waals surface area contributed by atoms with E-state index in [0.29, 0.717) is 17.0 Å². The summed E-state index contributed by atoms with van der Waals surface area (Å²) in [6.45, 7) is 10.1. The van der Waals surface area contributed by atoms with Crippen molar-refractivity contribution in [3.63, 3.8) is 0 Å². The van der Waals surface area contributed by atoms with Crippen LogP contribution in [0, 0.1) is 0 Å². The number of ether oxygens (including phenoxy) is 1. The van der Waals surface area contributed by atoms with Gasteiger partial charge in [0.15, 0.2) is 0 Å². The molecule has 2 rings (SSSR count). The maximum atomic E-state index is 12.7. The molecule has 0 radical (unpaired) electrons. The number of thioether (sulfide) groups is 1. The molecule has 0 N–H and O–H groups in total. The zero-order valence-corrected chi connectivity index (χ0v) is 17.1. The van der Waals surface area contributed by atoms with Crippen LogP contribution in [0.3, 0.4) is 0 Å². The third kappa shape index (κ3) is 4.36. The first-order valence-corrected chi connectivity index (χ1v) is 10.3. The summed E-state index contributed by atoms with van der Waals surface area (Å²) in [5.74, 6) is 0.293. The van der Waals surface area contributed by atoms with Gasteiger partial charge in [0.05, 0.1) is 17.7 Å². The Balaban J connectivity index is 2.32. The molecule has 0 aliphatic heterocycles. The Morgan fingerprint density at radius 3 is 2.29 bits per heavy atom. The Kier molecular flexibility index (Phi) is 6.43. The van der Waals surface area contributed by atoms with Crippen LogP contribution >= 0.6 is 23.4 Å². The SMILES string of the molecule is CSc1nn(C(C)(C)C)c(=O)c(Cl)c1C1CCC(OC(C)C)CC1. The highest BCUT2D eigenvalue weighted by Crippen LogP contribution is 2.40. The van der Waals surface area contributed by atoms with Gasteiger partial charge in [0.25, 0.3) is 5.56 Å². The van der Waals surface area contributed by atoms with Crippen LogP contribution in [0.1, 0.15) is 71.8 Å². The van der Waals surface area contributed by atoms with Crippen LogP contribution in [0.5, 0.6) is 0 Å². The third-order valence-electron chi connectivity index (χ3n) is 4.41. The first kappa shape index (κ1) is 19.8. The van der Waals surface area contributed by atoms with Gasteiger partial charge in [-0.25, -0.2) is 4.68 Å². The Bertz CT molecular complexity index is 629. The first-order valence-electron chi connectivity index (χ1n) is 8.67. The Hall–Kier alpha value is -0.520. The van der Waals surface area contributed by atoms with Crippen LogP contribution in [-0.2, 0) is 10.3 Å². The summed E-state index contributed by atoms with van der Waals surface area (Å²) >= 11 is 8.09. The van der Waals surface area contributed by atoms with Crippen LogP contribution in [0.2, 0.25) is 5.02 Å². The second-order valence-electron chi connectivity index (χ2n) is 7.78. The lowest BCUT2D eigenvalue weighted by molar-refractivity contribution is -0.0148. The van der Waals surface area contributed by atoms with Crippen LogP contribution in [0.4, 0.5) is 0 Å². The van der Waals surface area contributed by atoms with Gasteiger partial charge >= 0.3 is 0 Å². The molecule has 4 nitrogen and oxygen atoms in total. The Labute approximate surface area is 154 Å². The molecule has 0 spiro atoms. The van der Waals surface area contributed by atoms with Gasteiger partial charge in [-0.2, -0.15) is 5.10 Å². The van der Waals surface area contributed by atoms with Gasteiger partial charge in [0.2, 0.25) is 0 Å². The molecule has 1 aromatic heterocycles. The molecule has 6 heteroatoms. The van der Waals surface area contributed by atoms with Crippen molar-refractivity contribution in [2.75, 3.05) is 6.26 Å². The van der Waals surface area contributed by atoms with Crippen molar-refractivity contribution in [3.8, 4) is 0 Å². The van der Waals surface area contributed by atoms with Crippen LogP contribution < -0.4 is 5.56 Å². The molecule has 0 bridgehead atoms. The molecule has 24 heavy (non-hydrogen) atoms. The zero-order valence-electron chi connectivity index (χ0n) is 15.6. The number of nitrogens with zero attached hydrogens (tertiary/aromatic N) is 2. The van der Waals surface area contributed by atoms with E-state index in [1.165, 1.54) is 4.68 Å². The molecule has 0 atom stereocenters. The normalized spacial score (nSPS) is 22.2. The summed E-state index contributed by atoms with van der Waals surface area (Å²) in [4.78, 5) is 12.7. The molecular formula is C18H29ClN2O2S. The highest BCUT2D eigenvalue weighted by Gasteiger charge is 2.30. The average molecular weight is 373 g/mol. The minimum atomic E-state index is -0.382.